The van der Waals surface area contributed by atoms with Gasteiger partial charge < -0.3 is 9.47 Å². The first-order chi connectivity index (χ1) is 10.8. The first-order valence-electron chi connectivity index (χ1n) is 7.77. The zero-order valence-electron chi connectivity index (χ0n) is 12.3. The van der Waals surface area contributed by atoms with Crippen LogP contribution in [0.5, 0.6) is 5.75 Å². The van der Waals surface area contributed by atoms with E-state index in [1.807, 2.05) is 42.5 Å². The van der Waals surface area contributed by atoms with Crippen molar-refractivity contribution >= 4 is 16.7 Å². The fourth-order valence-electron chi connectivity index (χ4n) is 3.63. The summed E-state index contributed by atoms with van der Waals surface area (Å²) >= 11 is 0. The lowest BCUT2D eigenvalue weighted by Crippen LogP contribution is -2.23. The van der Waals surface area contributed by atoms with Crippen LogP contribution < -0.4 is 4.74 Å². The van der Waals surface area contributed by atoms with Gasteiger partial charge in [0.1, 0.15) is 5.75 Å². The Morgan fingerprint density at radius 2 is 1.91 bits per heavy atom. The Labute approximate surface area is 129 Å². The molecule has 4 rings (SSSR count). The Kier molecular flexibility index (Phi) is 3.34. The molecule has 0 amide bonds. The highest BCUT2D eigenvalue weighted by Gasteiger charge is 2.40. The van der Waals surface area contributed by atoms with E-state index < -0.39 is 0 Å². The number of fused-ring (bicyclic) bond motifs is 3. The summed E-state index contributed by atoms with van der Waals surface area (Å²) in [7, 11) is 0. The third-order valence-electron chi connectivity index (χ3n) is 4.75. The van der Waals surface area contributed by atoms with Gasteiger partial charge in [-0.1, -0.05) is 48.6 Å². The predicted molar refractivity (Wildman–Crippen MR) is 84.4 cm³/mol. The van der Waals surface area contributed by atoms with Crippen molar-refractivity contribution in [1.29, 1.82) is 0 Å². The molecular formula is C19H18O3. The number of benzene rings is 2. The average molecular weight is 294 g/mol. The summed E-state index contributed by atoms with van der Waals surface area (Å²) in [5.74, 6) is 1.58. The van der Waals surface area contributed by atoms with Crippen molar-refractivity contribution in [3.05, 3.63) is 54.6 Å². The largest absolute Gasteiger partial charge is 0.457 e. The third-order valence-corrected chi connectivity index (χ3v) is 4.75. The van der Waals surface area contributed by atoms with Crippen LogP contribution in [0.15, 0.2) is 54.6 Å². The summed E-state index contributed by atoms with van der Waals surface area (Å²) in [6, 6.07) is 13.9. The van der Waals surface area contributed by atoms with Crippen LogP contribution in [0.3, 0.4) is 0 Å². The lowest BCUT2D eigenvalue weighted by atomic mass is 9.94. The Bertz CT molecular complexity index is 729. The molecule has 2 aromatic carbocycles. The van der Waals surface area contributed by atoms with Crippen molar-refractivity contribution in [2.45, 2.75) is 12.8 Å². The molecule has 22 heavy (non-hydrogen) atoms. The minimum Gasteiger partial charge on any atom is -0.457 e. The quantitative estimate of drug-likeness (QED) is 0.487. The topological polar surface area (TPSA) is 35.5 Å². The van der Waals surface area contributed by atoms with E-state index in [0.717, 1.165) is 29.4 Å². The lowest BCUT2D eigenvalue weighted by molar-refractivity contribution is -0.156. The van der Waals surface area contributed by atoms with Crippen molar-refractivity contribution < 1.29 is 14.3 Å². The van der Waals surface area contributed by atoms with Crippen molar-refractivity contribution in [2.75, 3.05) is 6.79 Å². The highest BCUT2D eigenvalue weighted by atomic mass is 16.7. The number of rotatable bonds is 4. The monoisotopic (exact) mass is 294 g/mol. The van der Waals surface area contributed by atoms with Gasteiger partial charge in [-0.05, 0) is 36.1 Å². The molecule has 0 aromatic heterocycles. The van der Waals surface area contributed by atoms with Crippen LogP contribution in [-0.2, 0) is 9.53 Å². The van der Waals surface area contributed by atoms with E-state index in [9.17, 15) is 4.79 Å². The minimum absolute atomic E-state index is 0.0196. The molecule has 2 bridgehead atoms. The lowest BCUT2D eigenvalue weighted by Gasteiger charge is -2.17. The van der Waals surface area contributed by atoms with Gasteiger partial charge >= 0.3 is 5.97 Å². The first kappa shape index (κ1) is 13.4. The number of hydrogen-bond acceptors (Lipinski definition) is 3. The third kappa shape index (κ3) is 2.37. The smallest absolute Gasteiger partial charge is 0.312 e. The van der Waals surface area contributed by atoms with Gasteiger partial charge in [0.2, 0.25) is 6.79 Å². The van der Waals surface area contributed by atoms with Crippen LogP contribution in [0.1, 0.15) is 12.8 Å². The summed E-state index contributed by atoms with van der Waals surface area (Å²) in [6.45, 7) is -0.0234. The Hall–Kier alpha value is -2.29. The molecule has 2 aliphatic carbocycles. The molecule has 0 heterocycles. The van der Waals surface area contributed by atoms with Gasteiger partial charge in [0.25, 0.3) is 0 Å². The van der Waals surface area contributed by atoms with E-state index in [-0.39, 0.29) is 18.7 Å². The molecule has 0 aliphatic heterocycles. The maximum Gasteiger partial charge on any atom is 0.312 e. The molecule has 3 nitrogen and oxygen atoms in total. The minimum atomic E-state index is -0.128. The molecule has 0 N–H and O–H groups in total. The molecule has 1 fully saturated rings. The van der Waals surface area contributed by atoms with E-state index in [4.69, 9.17) is 9.47 Å². The number of allylic oxidation sites excluding steroid dienone is 2. The van der Waals surface area contributed by atoms with Gasteiger partial charge in [-0.25, -0.2) is 0 Å². The molecule has 3 unspecified atom stereocenters. The number of carbonyl (C=O) groups excluding carboxylic acids is 1. The van der Waals surface area contributed by atoms with Crippen LogP contribution in [0, 0.1) is 17.8 Å². The van der Waals surface area contributed by atoms with E-state index in [1.165, 1.54) is 0 Å². The summed E-state index contributed by atoms with van der Waals surface area (Å²) in [5.41, 5.74) is 0. The van der Waals surface area contributed by atoms with Crippen molar-refractivity contribution in [1.82, 2.24) is 0 Å². The van der Waals surface area contributed by atoms with Crippen LogP contribution >= 0.6 is 0 Å². The van der Waals surface area contributed by atoms with Gasteiger partial charge in [0.05, 0.1) is 5.92 Å². The summed E-state index contributed by atoms with van der Waals surface area (Å²) in [5, 5.41) is 2.15. The molecule has 0 saturated heterocycles. The molecule has 112 valence electrons. The second-order valence-electron chi connectivity index (χ2n) is 6.09. The SMILES string of the molecule is O=C(OCOc1cccc2ccccc12)C1CC2C=CC1C2. The van der Waals surface area contributed by atoms with Crippen LogP contribution in [-0.4, -0.2) is 12.8 Å². The van der Waals surface area contributed by atoms with Crippen LogP contribution in [0.4, 0.5) is 0 Å². The maximum atomic E-state index is 12.2. The zero-order valence-corrected chi connectivity index (χ0v) is 12.3. The van der Waals surface area contributed by atoms with Crippen LogP contribution in [0.2, 0.25) is 0 Å². The van der Waals surface area contributed by atoms with Gasteiger partial charge in [0.15, 0.2) is 0 Å². The Morgan fingerprint density at radius 1 is 1.05 bits per heavy atom. The highest BCUT2D eigenvalue weighted by molar-refractivity contribution is 5.88. The summed E-state index contributed by atoms with van der Waals surface area (Å²) in [4.78, 5) is 12.2. The summed E-state index contributed by atoms with van der Waals surface area (Å²) < 4.78 is 11.0. The Morgan fingerprint density at radius 3 is 2.73 bits per heavy atom. The maximum absolute atomic E-state index is 12.2. The zero-order chi connectivity index (χ0) is 14.9. The fourth-order valence-corrected chi connectivity index (χ4v) is 3.63. The molecule has 0 spiro atoms. The van der Waals surface area contributed by atoms with Gasteiger partial charge in [-0.15, -0.1) is 0 Å². The highest BCUT2D eigenvalue weighted by Crippen LogP contribution is 2.43. The van der Waals surface area contributed by atoms with E-state index in [1.54, 1.807) is 0 Å². The van der Waals surface area contributed by atoms with Gasteiger partial charge in [-0.3, -0.25) is 4.79 Å². The van der Waals surface area contributed by atoms with Crippen molar-refractivity contribution in [2.24, 2.45) is 17.8 Å². The normalized spacial score (nSPS) is 25.5. The average Bonchev–Trinajstić information content (AvgIpc) is 3.18. The number of esters is 1. The molecular weight excluding hydrogens is 276 g/mol. The summed E-state index contributed by atoms with van der Waals surface area (Å²) in [6.07, 6.45) is 6.41. The second-order valence-corrected chi connectivity index (χ2v) is 6.09. The molecule has 1 saturated carbocycles. The molecule has 3 heteroatoms. The molecule has 3 atom stereocenters. The van der Waals surface area contributed by atoms with Crippen molar-refractivity contribution in [3.8, 4) is 5.75 Å². The standard InChI is InChI=1S/C19H18O3/c20-19(17-11-13-8-9-15(17)10-13)22-12-21-18-7-3-5-14-4-1-2-6-16(14)18/h1-9,13,15,17H,10-12H2. The van der Waals surface area contributed by atoms with Gasteiger partial charge in [-0.2, -0.15) is 0 Å². The Balaban J connectivity index is 1.38. The number of hydrogen-bond donors (Lipinski definition) is 0. The molecule has 0 radical (unpaired) electrons. The molecule has 2 aliphatic rings. The fraction of sp³-hybridized carbons (Fsp3) is 0.316. The van der Waals surface area contributed by atoms with Gasteiger partial charge in [0, 0.05) is 5.39 Å². The number of carbonyl (C=O) groups is 1. The number of ether oxygens (including phenoxy) is 2. The molecule has 2 aromatic rings. The first-order valence-corrected chi connectivity index (χ1v) is 7.77. The second kappa shape index (κ2) is 5.48. The van der Waals surface area contributed by atoms with E-state index in [2.05, 4.69) is 12.2 Å². The van der Waals surface area contributed by atoms with E-state index in [0.29, 0.717) is 11.8 Å². The van der Waals surface area contributed by atoms with Crippen molar-refractivity contribution in [3.63, 3.8) is 0 Å². The van der Waals surface area contributed by atoms with E-state index >= 15 is 0 Å². The predicted octanol–water partition coefficient (Wildman–Crippen LogP) is 3.93. The van der Waals surface area contributed by atoms with Crippen LogP contribution in [0.25, 0.3) is 10.8 Å².